The molecule has 26 heavy (non-hydrogen) atoms. The Kier molecular flexibility index (Phi) is 5.72. The fourth-order valence-electron chi connectivity index (χ4n) is 2.85. The third-order valence-corrected chi connectivity index (χ3v) is 5.07. The number of nitrogens with zero attached hydrogens (tertiary/aromatic N) is 3. The molecule has 0 N–H and O–H groups in total. The number of amides is 4. The lowest BCUT2D eigenvalue weighted by atomic mass is 10.2. The molecule has 0 aliphatic carbocycles. The van der Waals surface area contributed by atoms with Gasteiger partial charge in [0.15, 0.2) is 0 Å². The third-order valence-electron chi connectivity index (χ3n) is 4.21. The monoisotopic (exact) mass is 375 g/mol. The molecule has 2 aromatic heterocycles. The van der Waals surface area contributed by atoms with Crippen LogP contribution in [0.4, 0.5) is 4.79 Å². The third kappa shape index (κ3) is 4.32. The van der Waals surface area contributed by atoms with Crippen molar-refractivity contribution in [3.63, 3.8) is 0 Å². The largest absolute Gasteiger partial charge is 0.467 e. The van der Waals surface area contributed by atoms with Gasteiger partial charge in [-0.2, -0.15) is 0 Å². The first-order chi connectivity index (χ1) is 12.5. The summed E-state index contributed by atoms with van der Waals surface area (Å²) in [5, 5.41) is 1.98. The number of hydrogen-bond donors (Lipinski definition) is 0. The Bertz CT molecular complexity index is 721. The minimum atomic E-state index is -0.298. The maximum absolute atomic E-state index is 12.7. The molecule has 0 spiro atoms. The fraction of sp³-hybridized carbons (Fsp3) is 0.389. The lowest BCUT2D eigenvalue weighted by Crippen LogP contribution is -2.34. The topological polar surface area (TPSA) is 74.1 Å². The molecule has 0 atom stereocenters. The van der Waals surface area contributed by atoms with Crippen LogP contribution in [-0.4, -0.2) is 52.7 Å². The van der Waals surface area contributed by atoms with E-state index in [1.807, 2.05) is 23.6 Å². The molecule has 138 valence electrons. The molecule has 0 unspecified atom stereocenters. The molecule has 0 radical (unpaired) electrons. The highest BCUT2D eigenvalue weighted by Gasteiger charge is 2.33. The van der Waals surface area contributed by atoms with Crippen molar-refractivity contribution in [2.75, 3.05) is 20.1 Å². The van der Waals surface area contributed by atoms with Crippen LogP contribution in [0.25, 0.3) is 0 Å². The number of carbonyl (C=O) groups is 3. The Hall–Kier alpha value is -2.61. The molecule has 1 aliphatic heterocycles. The van der Waals surface area contributed by atoms with Crippen molar-refractivity contribution in [2.24, 2.45) is 0 Å². The van der Waals surface area contributed by atoms with Crippen LogP contribution in [0.15, 0.2) is 40.3 Å². The molecule has 7 nitrogen and oxygen atoms in total. The van der Waals surface area contributed by atoms with Gasteiger partial charge < -0.3 is 14.2 Å². The Morgan fingerprint density at radius 1 is 1.27 bits per heavy atom. The van der Waals surface area contributed by atoms with Crippen molar-refractivity contribution in [3.8, 4) is 0 Å². The number of rotatable bonds is 8. The second-order valence-electron chi connectivity index (χ2n) is 6.20. The van der Waals surface area contributed by atoms with Crippen LogP contribution < -0.4 is 0 Å². The van der Waals surface area contributed by atoms with Crippen LogP contribution in [0, 0.1) is 0 Å². The van der Waals surface area contributed by atoms with Crippen molar-refractivity contribution in [1.82, 2.24) is 14.7 Å². The van der Waals surface area contributed by atoms with Gasteiger partial charge in [0.05, 0.1) is 19.4 Å². The maximum Gasteiger partial charge on any atom is 0.326 e. The summed E-state index contributed by atoms with van der Waals surface area (Å²) in [7, 11) is 1.59. The average Bonchev–Trinajstić information content (AvgIpc) is 3.34. The standard InChI is InChI=1S/C18H21N3O4S/c1-19-13-17(23)21(18(19)24)8-2-7-16(22)20(11-14-5-3-9-25-14)12-15-6-4-10-26-15/h3-6,9-10H,2,7-8,11-13H2,1H3. The number of thiophene rings is 1. The Labute approximate surface area is 155 Å². The number of furan rings is 1. The average molecular weight is 375 g/mol. The van der Waals surface area contributed by atoms with Gasteiger partial charge in [0.1, 0.15) is 12.3 Å². The van der Waals surface area contributed by atoms with E-state index in [0.717, 1.165) is 10.6 Å². The molecule has 8 heteroatoms. The predicted molar refractivity (Wildman–Crippen MR) is 96.3 cm³/mol. The van der Waals surface area contributed by atoms with E-state index in [-0.39, 0.29) is 37.4 Å². The first-order valence-corrected chi connectivity index (χ1v) is 9.30. The SMILES string of the molecule is CN1CC(=O)N(CCCC(=O)N(Cc2ccco2)Cc2cccs2)C1=O. The molecule has 1 saturated heterocycles. The van der Waals surface area contributed by atoms with Crippen LogP contribution in [0.3, 0.4) is 0 Å². The van der Waals surface area contributed by atoms with Gasteiger partial charge in [0, 0.05) is 24.9 Å². The van der Waals surface area contributed by atoms with Gasteiger partial charge in [0.2, 0.25) is 11.8 Å². The van der Waals surface area contributed by atoms with Gasteiger partial charge in [-0.25, -0.2) is 4.79 Å². The Morgan fingerprint density at radius 3 is 2.73 bits per heavy atom. The molecule has 2 aromatic rings. The zero-order chi connectivity index (χ0) is 18.5. The highest BCUT2D eigenvalue weighted by atomic mass is 32.1. The second kappa shape index (κ2) is 8.18. The van der Waals surface area contributed by atoms with E-state index < -0.39 is 0 Å². The molecule has 3 rings (SSSR count). The molecule has 3 heterocycles. The zero-order valence-corrected chi connectivity index (χ0v) is 15.4. The fourth-order valence-corrected chi connectivity index (χ4v) is 3.57. The number of imide groups is 1. The number of likely N-dealkylation sites (N-methyl/N-ethyl adjacent to an activating group) is 1. The van der Waals surface area contributed by atoms with E-state index in [0.29, 0.717) is 19.5 Å². The van der Waals surface area contributed by atoms with Crippen LogP contribution in [0.2, 0.25) is 0 Å². The van der Waals surface area contributed by atoms with Crippen LogP contribution in [-0.2, 0) is 22.7 Å². The van der Waals surface area contributed by atoms with E-state index in [4.69, 9.17) is 4.42 Å². The summed E-state index contributed by atoms with van der Waals surface area (Å²) in [5.41, 5.74) is 0. The van der Waals surface area contributed by atoms with Crippen LogP contribution in [0.1, 0.15) is 23.5 Å². The minimum absolute atomic E-state index is 0.0257. The smallest absolute Gasteiger partial charge is 0.326 e. The Balaban J connectivity index is 1.56. The highest BCUT2D eigenvalue weighted by molar-refractivity contribution is 7.09. The molecular weight excluding hydrogens is 354 g/mol. The van der Waals surface area contributed by atoms with E-state index in [1.165, 1.54) is 9.80 Å². The van der Waals surface area contributed by atoms with Gasteiger partial charge in [0.25, 0.3) is 0 Å². The predicted octanol–water partition coefficient (Wildman–Crippen LogP) is 2.54. The molecule has 0 bridgehead atoms. The first-order valence-electron chi connectivity index (χ1n) is 8.42. The summed E-state index contributed by atoms with van der Waals surface area (Å²) in [6, 6.07) is 7.28. The van der Waals surface area contributed by atoms with Crippen molar-refractivity contribution >= 4 is 29.2 Å². The molecule has 1 aliphatic rings. The van der Waals surface area contributed by atoms with Gasteiger partial charge in [-0.15, -0.1) is 11.3 Å². The van der Waals surface area contributed by atoms with E-state index in [9.17, 15) is 14.4 Å². The Morgan fingerprint density at radius 2 is 2.12 bits per heavy atom. The first kappa shape index (κ1) is 18.2. The maximum atomic E-state index is 12.7. The lowest BCUT2D eigenvalue weighted by Gasteiger charge is -2.22. The molecule has 1 fully saturated rings. The molecule has 4 amide bonds. The van der Waals surface area contributed by atoms with E-state index in [1.54, 1.807) is 35.6 Å². The number of urea groups is 1. The van der Waals surface area contributed by atoms with E-state index in [2.05, 4.69) is 0 Å². The lowest BCUT2D eigenvalue weighted by molar-refractivity contribution is -0.133. The van der Waals surface area contributed by atoms with Crippen molar-refractivity contribution in [1.29, 1.82) is 0 Å². The second-order valence-corrected chi connectivity index (χ2v) is 7.23. The normalized spacial score (nSPS) is 14.3. The van der Waals surface area contributed by atoms with Crippen LogP contribution in [0.5, 0.6) is 0 Å². The summed E-state index contributed by atoms with van der Waals surface area (Å²) < 4.78 is 5.37. The van der Waals surface area contributed by atoms with E-state index >= 15 is 0 Å². The number of carbonyl (C=O) groups excluding carboxylic acids is 3. The van der Waals surface area contributed by atoms with Crippen molar-refractivity contribution in [3.05, 3.63) is 46.5 Å². The number of hydrogen-bond acceptors (Lipinski definition) is 5. The quantitative estimate of drug-likeness (QED) is 0.665. The minimum Gasteiger partial charge on any atom is -0.467 e. The molecule has 0 aromatic carbocycles. The molecular formula is C18H21N3O4S. The summed E-state index contributed by atoms with van der Waals surface area (Å²) in [5.74, 6) is 0.486. The summed E-state index contributed by atoms with van der Waals surface area (Å²) in [6.07, 6.45) is 2.31. The van der Waals surface area contributed by atoms with Crippen molar-refractivity contribution < 1.29 is 18.8 Å². The zero-order valence-electron chi connectivity index (χ0n) is 14.6. The van der Waals surface area contributed by atoms with Gasteiger partial charge in [-0.05, 0) is 30.0 Å². The summed E-state index contributed by atoms with van der Waals surface area (Å²) in [4.78, 5) is 41.8. The molecule has 0 saturated carbocycles. The van der Waals surface area contributed by atoms with Gasteiger partial charge in [-0.3, -0.25) is 14.5 Å². The highest BCUT2D eigenvalue weighted by Crippen LogP contribution is 2.17. The van der Waals surface area contributed by atoms with Gasteiger partial charge in [-0.1, -0.05) is 6.07 Å². The summed E-state index contributed by atoms with van der Waals surface area (Å²) >= 11 is 1.60. The summed E-state index contributed by atoms with van der Waals surface area (Å²) in [6.45, 7) is 1.28. The van der Waals surface area contributed by atoms with Crippen molar-refractivity contribution in [2.45, 2.75) is 25.9 Å². The van der Waals surface area contributed by atoms with Gasteiger partial charge >= 0.3 is 6.03 Å². The van der Waals surface area contributed by atoms with Crippen LogP contribution >= 0.6 is 11.3 Å².